The van der Waals surface area contributed by atoms with E-state index in [1.54, 1.807) is 32.0 Å². The molecule has 1 aromatic carbocycles. The number of carbonyl (C=O) groups excluding carboxylic acids is 2. The second kappa shape index (κ2) is 12.9. The Kier molecular flexibility index (Phi) is 10.6. The van der Waals surface area contributed by atoms with Crippen molar-refractivity contribution in [3.05, 3.63) is 57.2 Å². The van der Waals surface area contributed by atoms with Gasteiger partial charge in [-0.2, -0.15) is 0 Å². The summed E-state index contributed by atoms with van der Waals surface area (Å²) in [6, 6.07) is 5.09. The number of hydrogen-bond acceptors (Lipinski definition) is 7. The molecule has 1 aliphatic rings. The van der Waals surface area contributed by atoms with Gasteiger partial charge in [0.1, 0.15) is 5.92 Å². The van der Waals surface area contributed by atoms with Gasteiger partial charge < -0.3 is 19.1 Å². The zero-order valence-electron chi connectivity index (χ0n) is 19.6. The number of benzene rings is 1. The fraction of sp³-hybridized carbons (Fsp3) is 0.458. The van der Waals surface area contributed by atoms with Crippen LogP contribution in [0.4, 0.5) is 0 Å². The van der Waals surface area contributed by atoms with E-state index in [1.807, 2.05) is 31.1 Å². The van der Waals surface area contributed by atoms with Crippen molar-refractivity contribution < 1.29 is 23.8 Å². The standard InChI is InChI=1S/C24H30Cl2N2O5/c1-6-33-24(30)21-18(14-32-13-8-7-12-28(3)4)27-15(2)19(23(29)31-5)20(21)16-10-9-11-17(25)22(16)26/h7-11,19-20H,6,12-14H2,1-5H3. The molecule has 0 radical (unpaired) electrons. The predicted molar refractivity (Wildman–Crippen MR) is 130 cm³/mol. The van der Waals surface area contributed by atoms with Crippen LogP contribution in [0, 0.1) is 5.92 Å². The van der Waals surface area contributed by atoms with Crippen LogP contribution in [-0.4, -0.2) is 70.1 Å². The van der Waals surface area contributed by atoms with Gasteiger partial charge in [0, 0.05) is 18.2 Å². The summed E-state index contributed by atoms with van der Waals surface area (Å²) < 4.78 is 16.1. The lowest BCUT2D eigenvalue weighted by molar-refractivity contribution is -0.144. The minimum absolute atomic E-state index is 0.0559. The fourth-order valence-corrected chi connectivity index (χ4v) is 4.03. The fourth-order valence-electron chi connectivity index (χ4n) is 3.60. The monoisotopic (exact) mass is 496 g/mol. The Morgan fingerprint density at radius 1 is 1.21 bits per heavy atom. The van der Waals surface area contributed by atoms with E-state index >= 15 is 0 Å². The average molecular weight is 497 g/mol. The Morgan fingerprint density at radius 2 is 1.94 bits per heavy atom. The maximum atomic E-state index is 13.1. The van der Waals surface area contributed by atoms with Gasteiger partial charge >= 0.3 is 11.9 Å². The molecule has 1 aromatic rings. The molecule has 7 nitrogen and oxygen atoms in total. The number of esters is 2. The number of nitrogens with zero attached hydrogens (tertiary/aromatic N) is 2. The van der Waals surface area contributed by atoms with Crippen molar-refractivity contribution in [1.29, 1.82) is 0 Å². The third-order valence-corrected chi connectivity index (χ3v) is 5.91. The van der Waals surface area contributed by atoms with Crippen molar-refractivity contribution in [2.75, 3.05) is 47.6 Å². The number of aliphatic imine (C=N–C) groups is 1. The van der Waals surface area contributed by atoms with E-state index in [4.69, 9.17) is 37.4 Å². The summed E-state index contributed by atoms with van der Waals surface area (Å²) in [6.07, 6.45) is 3.88. The van der Waals surface area contributed by atoms with E-state index < -0.39 is 23.8 Å². The highest BCUT2D eigenvalue weighted by atomic mass is 35.5. The zero-order chi connectivity index (χ0) is 24.5. The maximum absolute atomic E-state index is 13.1. The summed E-state index contributed by atoms with van der Waals surface area (Å²) in [7, 11) is 5.23. The number of rotatable bonds is 10. The summed E-state index contributed by atoms with van der Waals surface area (Å²) in [4.78, 5) is 32.5. The Labute approximate surface area is 205 Å². The molecular formula is C24H30Cl2N2O5. The Balaban J connectivity index is 2.54. The summed E-state index contributed by atoms with van der Waals surface area (Å²) in [5.74, 6) is -2.78. The van der Waals surface area contributed by atoms with E-state index in [0.29, 0.717) is 28.6 Å². The molecule has 0 bridgehead atoms. The van der Waals surface area contributed by atoms with Gasteiger partial charge in [-0.05, 0) is 39.6 Å². The van der Waals surface area contributed by atoms with Gasteiger partial charge in [0.15, 0.2) is 0 Å². The highest BCUT2D eigenvalue weighted by Crippen LogP contribution is 2.44. The molecule has 2 unspecified atom stereocenters. The highest BCUT2D eigenvalue weighted by molar-refractivity contribution is 6.42. The van der Waals surface area contributed by atoms with Gasteiger partial charge in [0.05, 0.1) is 48.2 Å². The lowest BCUT2D eigenvalue weighted by Gasteiger charge is -2.32. The van der Waals surface area contributed by atoms with Crippen LogP contribution in [0.5, 0.6) is 0 Å². The Morgan fingerprint density at radius 3 is 2.58 bits per heavy atom. The molecule has 0 amide bonds. The molecule has 9 heteroatoms. The predicted octanol–water partition coefficient (Wildman–Crippen LogP) is 4.29. The topological polar surface area (TPSA) is 77.4 Å². The third-order valence-electron chi connectivity index (χ3n) is 5.07. The molecule has 0 N–H and O–H groups in total. The number of methoxy groups -OCH3 is 1. The minimum Gasteiger partial charge on any atom is -0.468 e. The average Bonchev–Trinajstić information content (AvgIpc) is 2.77. The van der Waals surface area contributed by atoms with E-state index in [0.717, 1.165) is 6.54 Å². The molecule has 1 aliphatic heterocycles. The normalized spacial score (nSPS) is 18.6. The number of carbonyl (C=O) groups is 2. The van der Waals surface area contributed by atoms with Crippen LogP contribution in [0.1, 0.15) is 25.3 Å². The summed E-state index contributed by atoms with van der Waals surface area (Å²) >= 11 is 12.8. The van der Waals surface area contributed by atoms with Gasteiger partial charge in [0.25, 0.3) is 0 Å². The van der Waals surface area contributed by atoms with Gasteiger partial charge in [-0.25, -0.2) is 4.79 Å². The van der Waals surface area contributed by atoms with E-state index in [2.05, 4.69) is 4.99 Å². The van der Waals surface area contributed by atoms with E-state index in [1.165, 1.54) is 7.11 Å². The van der Waals surface area contributed by atoms with Crippen LogP contribution in [0.2, 0.25) is 10.0 Å². The number of likely N-dealkylation sites (N-methyl/N-ethyl adjacent to an activating group) is 1. The van der Waals surface area contributed by atoms with Crippen LogP contribution in [0.3, 0.4) is 0 Å². The quantitative estimate of drug-likeness (QED) is 0.273. The van der Waals surface area contributed by atoms with Crippen LogP contribution >= 0.6 is 23.2 Å². The van der Waals surface area contributed by atoms with Crippen LogP contribution in [0.15, 0.2) is 46.6 Å². The van der Waals surface area contributed by atoms with Gasteiger partial charge in [-0.15, -0.1) is 0 Å². The molecule has 1 heterocycles. The molecule has 0 aliphatic carbocycles. The number of hydrogen-bond donors (Lipinski definition) is 0. The van der Waals surface area contributed by atoms with Crippen LogP contribution < -0.4 is 0 Å². The van der Waals surface area contributed by atoms with E-state index in [-0.39, 0.29) is 23.8 Å². The molecule has 33 heavy (non-hydrogen) atoms. The first-order chi connectivity index (χ1) is 15.7. The Hall–Kier alpha value is -2.19. The summed E-state index contributed by atoms with van der Waals surface area (Å²) in [5, 5.41) is 0.562. The molecule has 0 aromatic heterocycles. The van der Waals surface area contributed by atoms with Crippen molar-refractivity contribution in [1.82, 2.24) is 4.90 Å². The first kappa shape index (κ1) is 27.1. The van der Waals surface area contributed by atoms with Crippen molar-refractivity contribution in [3.63, 3.8) is 0 Å². The molecule has 0 saturated heterocycles. The first-order valence-corrected chi connectivity index (χ1v) is 11.3. The smallest absolute Gasteiger partial charge is 0.336 e. The Bertz CT molecular complexity index is 956. The van der Waals surface area contributed by atoms with Crippen molar-refractivity contribution in [2.24, 2.45) is 10.9 Å². The van der Waals surface area contributed by atoms with Crippen LogP contribution in [-0.2, 0) is 23.8 Å². The maximum Gasteiger partial charge on any atom is 0.336 e. The number of halogens is 2. The lowest BCUT2D eigenvalue weighted by atomic mass is 9.75. The van der Waals surface area contributed by atoms with Crippen molar-refractivity contribution in [2.45, 2.75) is 19.8 Å². The van der Waals surface area contributed by atoms with Crippen molar-refractivity contribution >= 4 is 40.9 Å². The second-order valence-corrected chi connectivity index (χ2v) is 8.49. The lowest BCUT2D eigenvalue weighted by Crippen LogP contribution is -2.37. The number of ether oxygens (including phenoxy) is 3. The first-order valence-electron chi connectivity index (χ1n) is 10.6. The van der Waals surface area contributed by atoms with Crippen molar-refractivity contribution in [3.8, 4) is 0 Å². The molecule has 0 fully saturated rings. The third kappa shape index (κ3) is 6.90. The molecule has 0 spiro atoms. The largest absolute Gasteiger partial charge is 0.468 e. The second-order valence-electron chi connectivity index (χ2n) is 7.70. The molecule has 0 saturated carbocycles. The molecular weight excluding hydrogens is 467 g/mol. The van der Waals surface area contributed by atoms with Gasteiger partial charge in [-0.3, -0.25) is 9.79 Å². The summed E-state index contributed by atoms with van der Waals surface area (Å²) in [5.41, 5.74) is 1.59. The summed E-state index contributed by atoms with van der Waals surface area (Å²) in [6.45, 7) is 4.76. The minimum atomic E-state index is -0.867. The molecule has 2 rings (SSSR count). The molecule has 2 atom stereocenters. The van der Waals surface area contributed by atoms with Gasteiger partial charge in [-0.1, -0.05) is 47.5 Å². The zero-order valence-corrected chi connectivity index (χ0v) is 21.1. The molecule has 180 valence electrons. The highest BCUT2D eigenvalue weighted by Gasteiger charge is 2.44. The van der Waals surface area contributed by atoms with Crippen LogP contribution in [0.25, 0.3) is 0 Å². The SMILES string of the molecule is CCOC(=O)C1=C(COCC=CCN(C)C)N=C(C)C(C(=O)OC)C1c1cccc(Cl)c1Cl. The van der Waals surface area contributed by atoms with E-state index in [9.17, 15) is 9.59 Å². The van der Waals surface area contributed by atoms with Gasteiger partial charge in [0.2, 0.25) is 0 Å².